The molecular weight excluding hydrogens is 665 g/mol. The Morgan fingerprint density at radius 1 is 1.13 bits per heavy atom. The summed E-state index contributed by atoms with van der Waals surface area (Å²) in [4.78, 5) is 16.8. The molecule has 1 amide bonds. The average molecular weight is 710 g/mol. The van der Waals surface area contributed by atoms with Crippen molar-refractivity contribution in [3.05, 3.63) is 17.1 Å². The molecular formula is C31H45F2N7O4S2Si. The monoisotopic (exact) mass is 709 g/mol. The Hall–Kier alpha value is -2.53. The molecule has 16 heteroatoms. The molecule has 3 heterocycles. The van der Waals surface area contributed by atoms with E-state index in [1.165, 1.54) is 4.31 Å². The third-order valence-corrected chi connectivity index (χ3v) is 13.9. The Morgan fingerprint density at radius 3 is 2.36 bits per heavy atom. The Morgan fingerprint density at radius 2 is 1.81 bits per heavy atom. The first-order valence-corrected chi connectivity index (χ1v) is 22.4. The van der Waals surface area contributed by atoms with Gasteiger partial charge in [-0.2, -0.15) is 9.40 Å². The summed E-state index contributed by atoms with van der Waals surface area (Å²) in [6.45, 7) is 14.9. The SMILES string of the molecule is CC(C)C(=O)N1CCN(c2cc(S(=O)(=O)N(COCC[Si](C)(C)C)C3(C)CC3)cc3c(-c4nnc(C(F)F)s4)nn(C4CC4)c23)CC1. The van der Waals surface area contributed by atoms with E-state index in [1.807, 2.05) is 30.4 Å². The van der Waals surface area contributed by atoms with Crippen molar-refractivity contribution in [1.29, 1.82) is 0 Å². The molecule has 11 nitrogen and oxygen atoms in total. The van der Waals surface area contributed by atoms with Gasteiger partial charge in [-0.1, -0.05) is 44.8 Å². The fourth-order valence-electron chi connectivity index (χ4n) is 5.91. The largest absolute Gasteiger partial charge is 0.366 e. The van der Waals surface area contributed by atoms with Crippen LogP contribution >= 0.6 is 11.3 Å². The number of aromatic nitrogens is 4. The number of carbonyl (C=O) groups excluding carboxylic acids is 1. The quantitative estimate of drug-likeness (QED) is 0.121. The number of hydrogen-bond donors (Lipinski definition) is 0. The zero-order chi connectivity index (χ0) is 33.9. The fourth-order valence-corrected chi connectivity index (χ4v) is 9.12. The summed E-state index contributed by atoms with van der Waals surface area (Å²) < 4.78 is 65.8. The highest BCUT2D eigenvalue weighted by atomic mass is 32.2. The van der Waals surface area contributed by atoms with Crippen LogP contribution in [0.3, 0.4) is 0 Å². The van der Waals surface area contributed by atoms with E-state index in [4.69, 9.17) is 9.84 Å². The van der Waals surface area contributed by atoms with Crippen LogP contribution in [0.15, 0.2) is 17.0 Å². The molecule has 47 heavy (non-hydrogen) atoms. The molecule has 0 spiro atoms. The van der Waals surface area contributed by atoms with E-state index >= 15 is 0 Å². The van der Waals surface area contributed by atoms with E-state index in [0.29, 0.717) is 49.6 Å². The smallest absolute Gasteiger partial charge is 0.291 e. The van der Waals surface area contributed by atoms with Gasteiger partial charge in [0.15, 0.2) is 10.0 Å². The first-order chi connectivity index (χ1) is 22.1. The Kier molecular flexibility index (Phi) is 9.30. The Labute approximate surface area is 280 Å². The molecule has 1 aromatic carbocycles. The molecule has 0 bridgehead atoms. The van der Waals surface area contributed by atoms with Gasteiger partial charge in [0.1, 0.15) is 12.4 Å². The molecule has 2 saturated carbocycles. The van der Waals surface area contributed by atoms with Crippen LogP contribution in [0.1, 0.15) is 63.9 Å². The normalized spacial score (nSPS) is 18.7. The molecule has 6 rings (SSSR count). The summed E-state index contributed by atoms with van der Waals surface area (Å²) in [6, 6.07) is 4.39. The van der Waals surface area contributed by atoms with Crippen molar-refractivity contribution in [3.8, 4) is 10.7 Å². The first kappa shape index (κ1) is 34.3. The third-order valence-electron chi connectivity index (χ3n) is 9.27. The topological polar surface area (TPSA) is 114 Å². The summed E-state index contributed by atoms with van der Waals surface area (Å²) in [5.41, 5.74) is 1.23. The van der Waals surface area contributed by atoms with Crippen molar-refractivity contribution in [2.45, 2.75) is 95.0 Å². The zero-order valence-electron chi connectivity index (χ0n) is 28.0. The lowest BCUT2D eigenvalue weighted by Gasteiger charge is -2.37. The van der Waals surface area contributed by atoms with Gasteiger partial charge < -0.3 is 14.5 Å². The number of alkyl halides is 2. The highest BCUT2D eigenvalue weighted by Gasteiger charge is 2.50. The molecule has 0 radical (unpaired) electrons. The number of hydrogen-bond acceptors (Lipinski definition) is 9. The number of anilines is 1. The van der Waals surface area contributed by atoms with Gasteiger partial charge in [-0.25, -0.2) is 17.2 Å². The number of ether oxygens (including phenoxy) is 1. The molecule has 2 aromatic heterocycles. The molecule has 0 N–H and O–H groups in total. The molecule has 1 saturated heterocycles. The van der Waals surface area contributed by atoms with E-state index in [0.717, 1.165) is 48.6 Å². The van der Waals surface area contributed by atoms with Crippen LogP contribution in [0.4, 0.5) is 14.5 Å². The van der Waals surface area contributed by atoms with Crippen LogP contribution in [0.2, 0.25) is 25.7 Å². The lowest BCUT2D eigenvalue weighted by molar-refractivity contribution is -0.134. The van der Waals surface area contributed by atoms with E-state index in [-0.39, 0.29) is 34.5 Å². The minimum atomic E-state index is -4.06. The Balaban J connectivity index is 1.46. The van der Waals surface area contributed by atoms with Gasteiger partial charge >= 0.3 is 0 Å². The number of halogens is 2. The van der Waals surface area contributed by atoms with Gasteiger partial charge in [0.25, 0.3) is 6.43 Å². The molecule has 258 valence electrons. The van der Waals surface area contributed by atoms with Gasteiger partial charge in [0.05, 0.1) is 22.1 Å². The number of nitrogens with zero attached hydrogens (tertiary/aromatic N) is 7. The summed E-state index contributed by atoms with van der Waals surface area (Å²) in [5.74, 6) is -0.0293. The summed E-state index contributed by atoms with van der Waals surface area (Å²) in [6.07, 6.45) is 0.507. The van der Waals surface area contributed by atoms with Crippen molar-refractivity contribution in [2.75, 3.05) is 44.4 Å². The van der Waals surface area contributed by atoms with Crippen molar-refractivity contribution in [3.63, 3.8) is 0 Å². The van der Waals surface area contributed by atoms with Crippen molar-refractivity contribution < 1.29 is 26.7 Å². The lowest BCUT2D eigenvalue weighted by Crippen LogP contribution is -2.50. The molecule has 0 unspecified atom stereocenters. The lowest BCUT2D eigenvalue weighted by atomic mass is 10.1. The summed E-state index contributed by atoms with van der Waals surface area (Å²) in [5, 5.41) is 13.0. The standard InChI is InChI=1S/C31H45F2N7O4S2Si/c1-20(2)30(41)38-13-11-37(12-14-38)24-18-22(46(42,43)39(31(3)9-10-31)19-44-15-16-47(4,5)6)17-23-25(28-34-35-29(45-28)27(32)33)36-40(26(23)24)21-7-8-21/h17-18,20-21,27H,7-16,19H2,1-6H3. The minimum Gasteiger partial charge on any atom is -0.366 e. The van der Waals surface area contributed by atoms with Gasteiger partial charge in [-0.15, -0.1) is 10.2 Å². The van der Waals surface area contributed by atoms with Crippen LogP contribution in [0, 0.1) is 5.92 Å². The summed E-state index contributed by atoms with van der Waals surface area (Å²) in [7, 11) is -5.44. The molecule has 3 aliphatic rings. The molecule has 3 aromatic rings. The van der Waals surface area contributed by atoms with E-state index in [2.05, 4.69) is 34.7 Å². The van der Waals surface area contributed by atoms with Gasteiger partial charge in [-0.3, -0.25) is 9.48 Å². The number of carbonyl (C=O) groups is 1. The number of benzene rings is 1. The molecule has 3 fully saturated rings. The maximum absolute atomic E-state index is 14.6. The number of amides is 1. The number of rotatable bonds is 13. The molecule has 2 aliphatic carbocycles. The first-order valence-electron chi connectivity index (χ1n) is 16.4. The predicted molar refractivity (Wildman–Crippen MR) is 181 cm³/mol. The highest BCUT2D eigenvalue weighted by Crippen LogP contribution is 2.47. The van der Waals surface area contributed by atoms with E-state index < -0.39 is 35.1 Å². The number of piperazine rings is 1. The van der Waals surface area contributed by atoms with E-state index in [9.17, 15) is 22.0 Å². The van der Waals surface area contributed by atoms with Crippen LogP contribution in [0.5, 0.6) is 0 Å². The van der Waals surface area contributed by atoms with E-state index in [1.54, 1.807) is 12.1 Å². The van der Waals surface area contributed by atoms with Crippen LogP contribution in [0.25, 0.3) is 21.6 Å². The fraction of sp³-hybridized carbons (Fsp3) is 0.677. The maximum atomic E-state index is 14.6. The van der Waals surface area contributed by atoms with Crippen molar-refractivity contribution >= 4 is 51.9 Å². The number of sulfonamides is 1. The minimum absolute atomic E-state index is 0.0466. The molecule has 1 aliphatic heterocycles. The number of fused-ring (bicyclic) bond motifs is 1. The third kappa shape index (κ3) is 7.12. The molecule has 0 atom stereocenters. The Bertz CT molecular complexity index is 1740. The van der Waals surface area contributed by atoms with Crippen LogP contribution < -0.4 is 4.90 Å². The zero-order valence-corrected chi connectivity index (χ0v) is 30.6. The van der Waals surface area contributed by atoms with Gasteiger partial charge in [-0.05, 0) is 50.8 Å². The van der Waals surface area contributed by atoms with Crippen molar-refractivity contribution in [2.24, 2.45) is 5.92 Å². The second kappa shape index (κ2) is 12.7. The predicted octanol–water partition coefficient (Wildman–Crippen LogP) is 5.99. The summed E-state index contributed by atoms with van der Waals surface area (Å²) >= 11 is 0.769. The van der Waals surface area contributed by atoms with Crippen molar-refractivity contribution in [1.82, 2.24) is 29.2 Å². The average Bonchev–Trinajstić information content (AvgIpc) is 3.90. The van der Waals surface area contributed by atoms with Crippen LogP contribution in [-0.2, 0) is 19.6 Å². The van der Waals surface area contributed by atoms with Crippen LogP contribution in [-0.4, -0.2) is 96.6 Å². The maximum Gasteiger partial charge on any atom is 0.291 e. The van der Waals surface area contributed by atoms with Gasteiger partial charge in [0, 0.05) is 57.7 Å². The second-order valence-corrected chi connectivity index (χ2v) is 23.3. The highest BCUT2D eigenvalue weighted by molar-refractivity contribution is 7.89. The van der Waals surface area contributed by atoms with Gasteiger partial charge in [0.2, 0.25) is 15.9 Å². The second-order valence-electron chi connectivity index (χ2n) is 14.8.